The van der Waals surface area contributed by atoms with E-state index >= 15 is 0 Å². The lowest BCUT2D eigenvalue weighted by Gasteiger charge is -2.06. The van der Waals surface area contributed by atoms with E-state index in [0.29, 0.717) is 16.3 Å². The molecule has 2 N–H and O–H groups in total. The minimum Gasteiger partial charge on any atom is -0.465 e. The first-order chi connectivity index (χ1) is 12.4. The van der Waals surface area contributed by atoms with Crippen molar-refractivity contribution in [2.45, 2.75) is 20.3 Å². The topological polar surface area (TPSA) is 97.6 Å². The monoisotopic (exact) mass is 376 g/mol. The molecule has 0 aromatic carbocycles. The Morgan fingerprint density at radius 1 is 1.31 bits per heavy atom. The van der Waals surface area contributed by atoms with Gasteiger partial charge in [-0.2, -0.15) is 0 Å². The van der Waals surface area contributed by atoms with Gasteiger partial charge >= 0.3 is 5.97 Å². The number of nitrogens with one attached hydrogen (secondary N) is 2. The van der Waals surface area contributed by atoms with Crippen LogP contribution in [0.5, 0.6) is 0 Å². The highest BCUT2D eigenvalue weighted by atomic mass is 32.1. The Labute approximate surface area is 155 Å². The van der Waals surface area contributed by atoms with Gasteiger partial charge in [-0.15, -0.1) is 11.3 Å². The van der Waals surface area contributed by atoms with Crippen molar-refractivity contribution in [1.29, 1.82) is 0 Å². The molecule has 0 aliphatic rings. The summed E-state index contributed by atoms with van der Waals surface area (Å²) in [6.07, 6.45) is 4.46. The second-order valence-electron chi connectivity index (χ2n) is 5.42. The van der Waals surface area contributed by atoms with Gasteiger partial charge in [0, 0.05) is 23.9 Å². The van der Waals surface area contributed by atoms with Crippen LogP contribution in [0.3, 0.4) is 0 Å². The molecule has 0 saturated heterocycles. The summed E-state index contributed by atoms with van der Waals surface area (Å²) in [6.45, 7) is 3.84. The minimum atomic E-state index is -0.487. The molecule has 0 aliphatic carbocycles. The molecule has 0 spiro atoms. The van der Waals surface area contributed by atoms with Crippen LogP contribution in [-0.4, -0.2) is 31.4 Å². The van der Waals surface area contributed by atoms with Crippen LogP contribution in [0.1, 0.15) is 33.0 Å². The number of hydrogen-bond acceptors (Lipinski definition) is 6. The number of esters is 1. The van der Waals surface area contributed by atoms with Gasteiger partial charge < -0.3 is 19.8 Å². The maximum absolute atomic E-state index is 12.1. The molecule has 2 aromatic heterocycles. The SMILES string of the molecule is COC(=O)c1c(NC(=O)CCNC(=O)/C=C/c2ccco2)sc(C)c1C. The molecule has 0 bridgehead atoms. The first-order valence-corrected chi connectivity index (χ1v) is 8.71. The van der Waals surface area contributed by atoms with Crippen LogP contribution in [0.15, 0.2) is 28.9 Å². The zero-order chi connectivity index (χ0) is 19.1. The molecule has 2 amide bonds. The molecule has 0 aliphatic heterocycles. The predicted molar refractivity (Wildman–Crippen MR) is 99.1 cm³/mol. The van der Waals surface area contributed by atoms with Gasteiger partial charge in [-0.1, -0.05) is 0 Å². The zero-order valence-electron chi connectivity index (χ0n) is 14.8. The van der Waals surface area contributed by atoms with E-state index in [4.69, 9.17) is 9.15 Å². The summed E-state index contributed by atoms with van der Waals surface area (Å²) in [7, 11) is 1.30. The van der Waals surface area contributed by atoms with E-state index in [2.05, 4.69) is 10.6 Å². The van der Waals surface area contributed by atoms with Crippen LogP contribution < -0.4 is 10.6 Å². The average Bonchev–Trinajstić information content (AvgIpc) is 3.21. The van der Waals surface area contributed by atoms with Crippen molar-refractivity contribution in [3.63, 3.8) is 0 Å². The third kappa shape index (κ3) is 5.06. The van der Waals surface area contributed by atoms with Gasteiger partial charge in [-0.3, -0.25) is 9.59 Å². The second-order valence-corrected chi connectivity index (χ2v) is 6.64. The lowest BCUT2D eigenvalue weighted by molar-refractivity contribution is -0.117. The molecule has 7 nitrogen and oxygen atoms in total. The van der Waals surface area contributed by atoms with Crippen LogP contribution in [0.2, 0.25) is 0 Å². The molecule has 0 saturated carbocycles. The Hall–Kier alpha value is -2.87. The first-order valence-electron chi connectivity index (χ1n) is 7.90. The molecule has 2 heterocycles. The Bertz CT molecular complexity index is 821. The molecular weight excluding hydrogens is 356 g/mol. The van der Waals surface area contributed by atoms with E-state index in [1.807, 2.05) is 6.92 Å². The lowest BCUT2D eigenvalue weighted by Crippen LogP contribution is -2.26. The highest BCUT2D eigenvalue weighted by Crippen LogP contribution is 2.32. The van der Waals surface area contributed by atoms with Crippen LogP contribution >= 0.6 is 11.3 Å². The van der Waals surface area contributed by atoms with Crippen molar-refractivity contribution in [3.8, 4) is 0 Å². The van der Waals surface area contributed by atoms with Crippen molar-refractivity contribution >= 4 is 40.2 Å². The molecule has 26 heavy (non-hydrogen) atoms. The molecular formula is C18H20N2O5S. The number of rotatable bonds is 7. The summed E-state index contributed by atoms with van der Waals surface area (Å²) in [6, 6.07) is 3.44. The van der Waals surface area contributed by atoms with Gasteiger partial charge in [0.2, 0.25) is 11.8 Å². The van der Waals surface area contributed by atoms with Gasteiger partial charge in [-0.25, -0.2) is 4.79 Å². The van der Waals surface area contributed by atoms with Crippen molar-refractivity contribution in [1.82, 2.24) is 5.32 Å². The third-order valence-corrected chi connectivity index (χ3v) is 4.74. The molecule has 0 fully saturated rings. The smallest absolute Gasteiger partial charge is 0.341 e. The molecule has 0 atom stereocenters. The number of methoxy groups -OCH3 is 1. The highest BCUT2D eigenvalue weighted by molar-refractivity contribution is 7.16. The molecule has 8 heteroatoms. The number of thiophene rings is 1. The summed E-state index contributed by atoms with van der Waals surface area (Å²) in [5, 5.41) is 5.78. The standard InChI is InChI=1S/C18H20N2O5S/c1-11-12(2)26-17(16(11)18(23)24-3)20-15(22)8-9-19-14(21)7-6-13-5-4-10-25-13/h4-7,10H,8-9H2,1-3H3,(H,19,21)(H,20,22)/b7-6+. The fourth-order valence-electron chi connectivity index (χ4n) is 2.15. The first kappa shape index (κ1) is 19.5. The number of amides is 2. The van der Waals surface area contributed by atoms with E-state index in [0.717, 1.165) is 10.4 Å². The predicted octanol–water partition coefficient (Wildman–Crippen LogP) is 2.90. The maximum atomic E-state index is 12.1. The summed E-state index contributed by atoms with van der Waals surface area (Å²) in [4.78, 5) is 36.6. The van der Waals surface area contributed by atoms with E-state index in [1.54, 1.807) is 19.1 Å². The molecule has 138 valence electrons. The van der Waals surface area contributed by atoms with Gasteiger partial charge in [0.05, 0.1) is 18.9 Å². The largest absolute Gasteiger partial charge is 0.465 e. The van der Waals surface area contributed by atoms with Crippen LogP contribution in [0.4, 0.5) is 5.00 Å². The Morgan fingerprint density at radius 3 is 2.73 bits per heavy atom. The normalized spacial score (nSPS) is 10.7. The van der Waals surface area contributed by atoms with E-state index in [-0.39, 0.29) is 24.8 Å². The minimum absolute atomic E-state index is 0.0803. The average molecular weight is 376 g/mol. The number of carbonyl (C=O) groups excluding carboxylic acids is 3. The Balaban J connectivity index is 1.85. The maximum Gasteiger partial charge on any atom is 0.341 e. The van der Waals surface area contributed by atoms with E-state index in [1.165, 1.54) is 36.9 Å². The number of ether oxygens (including phenoxy) is 1. The number of anilines is 1. The highest BCUT2D eigenvalue weighted by Gasteiger charge is 2.21. The van der Waals surface area contributed by atoms with Gasteiger partial charge in [0.15, 0.2) is 0 Å². The second kappa shape index (κ2) is 9.00. The number of furan rings is 1. The van der Waals surface area contributed by atoms with Gasteiger partial charge in [-0.05, 0) is 37.6 Å². The third-order valence-electron chi connectivity index (χ3n) is 3.62. The van der Waals surface area contributed by atoms with Crippen molar-refractivity contribution in [3.05, 3.63) is 46.2 Å². The fraction of sp³-hybridized carbons (Fsp3) is 0.278. The number of aryl methyl sites for hydroxylation is 1. The van der Waals surface area contributed by atoms with Gasteiger partial charge in [0.1, 0.15) is 10.8 Å². The summed E-state index contributed by atoms with van der Waals surface area (Å²) in [5.41, 5.74) is 1.15. The molecule has 0 radical (unpaired) electrons. The summed E-state index contributed by atoms with van der Waals surface area (Å²) < 4.78 is 9.84. The zero-order valence-corrected chi connectivity index (χ0v) is 15.6. The van der Waals surface area contributed by atoms with Gasteiger partial charge in [0.25, 0.3) is 0 Å². The molecule has 2 aromatic rings. The van der Waals surface area contributed by atoms with Crippen LogP contribution in [-0.2, 0) is 14.3 Å². The quantitative estimate of drug-likeness (QED) is 0.572. The summed E-state index contributed by atoms with van der Waals surface area (Å²) in [5.74, 6) is -0.547. The van der Waals surface area contributed by atoms with E-state index in [9.17, 15) is 14.4 Å². The number of carbonyl (C=O) groups is 3. The van der Waals surface area contributed by atoms with Crippen molar-refractivity contribution in [2.75, 3.05) is 19.0 Å². The van der Waals surface area contributed by atoms with Crippen LogP contribution in [0.25, 0.3) is 6.08 Å². The Morgan fingerprint density at radius 2 is 2.08 bits per heavy atom. The van der Waals surface area contributed by atoms with Crippen molar-refractivity contribution in [2.24, 2.45) is 0 Å². The molecule has 2 rings (SSSR count). The molecule has 0 unspecified atom stereocenters. The van der Waals surface area contributed by atoms with Crippen LogP contribution in [0, 0.1) is 13.8 Å². The summed E-state index contributed by atoms with van der Waals surface area (Å²) >= 11 is 1.32. The number of hydrogen-bond donors (Lipinski definition) is 2. The lowest BCUT2D eigenvalue weighted by atomic mass is 10.1. The van der Waals surface area contributed by atoms with Crippen molar-refractivity contribution < 1.29 is 23.5 Å². The van der Waals surface area contributed by atoms with E-state index < -0.39 is 5.97 Å². The Kier molecular flexibility index (Phi) is 6.74. The fourth-order valence-corrected chi connectivity index (χ4v) is 3.22.